The van der Waals surface area contributed by atoms with Crippen LogP contribution in [0.15, 0.2) is 12.4 Å². The standard InChI is InChI=1S/C11H21N3/c1-11(2,3)5-7-12-6-4-10-13-8-9-14-10/h8-9,12H,4-7H2,1-3H3,(H,13,14). The molecule has 0 amide bonds. The summed E-state index contributed by atoms with van der Waals surface area (Å²) in [7, 11) is 0. The van der Waals surface area contributed by atoms with Gasteiger partial charge >= 0.3 is 0 Å². The average molecular weight is 195 g/mol. The van der Waals surface area contributed by atoms with Gasteiger partial charge in [0.2, 0.25) is 0 Å². The van der Waals surface area contributed by atoms with Crippen LogP contribution in [0.5, 0.6) is 0 Å². The van der Waals surface area contributed by atoms with Crippen molar-refractivity contribution in [2.24, 2.45) is 5.41 Å². The molecule has 0 spiro atoms. The molecule has 1 heterocycles. The Hall–Kier alpha value is -0.830. The highest BCUT2D eigenvalue weighted by atomic mass is 14.9. The topological polar surface area (TPSA) is 40.7 Å². The van der Waals surface area contributed by atoms with Gasteiger partial charge in [-0.25, -0.2) is 4.98 Å². The molecule has 0 aliphatic rings. The van der Waals surface area contributed by atoms with E-state index in [1.165, 1.54) is 6.42 Å². The molecule has 0 bridgehead atoms. The number of aromatic nitrogens is 2. The molecule has 0 fully saturated rings. The van der Waals surface area contributed by atoms with Crippen LogP contribution in [0.2, 0.25) is 0 Å². The predicted molar refractivity (Wildman–Crippen MR) is 59.2 cm³/mol. The van der Waals surface area contributed by atoms with Gasteiger partial charge in [-0.1, -0.05) is 20.8 Å². The maximum Gasteiger partial charge on any atom is 0.107 e. The van der Waals surface area contributed by atoms with Crippen LogP contribution in [-0.2, 0) is 6.42 Å². The molecule has 0 atom stereocenters. The van der Waals surface area contributed by atoms with E-state index in [4.69, 9.17) is 0 Å². The third-order valence-corrected chi connectivity index (χ3v) is 2.15. The van der Waals surface area contributed by atoms with Crippen molar-refractivity contribution >= 4 is 0 Å². The molecule has 0 radical (unpaired) electrons. The molecule has 14 heavy (non-hydrogen) atoms. The normalized spacial score (nSPS) is 11.9. The van der Waals surface area contributed by atoms with Gasteiger partial charge in [0.15, 0.2) is 0 Å². The third kappa shape index (κ3) is 5.02. The Morgan fingerprint density at radius 2 is 2.14 bits per heavy atom. The fraction of sp³-hybridized carbons (Fsp3) is 0.727. The number of rotatable bonds is 5. The second-order valence-electron chi connectivity index (χ2n) is 4.85. The van der Waals surface area contributed by atoms with Gasteiger partial charge in [0.05, 0.1) is 0 Å². The number of H-pyrrole nitrogens is 1. The maximum absolute atomic E-state index is 4.17. The summed E-state index contributed by atoms with van der Waals surface area (Å²) in [6, 6.07) is 0. The minimum Gasteiger partial charge on any atom is -0.349 e. The van der Waals surface area contributed by atoms with E-state index in [1.807, 2.05) is 6.20 Å². The second-order valence-corrected chi connectivity index (χ2v) is 4.85. The van der Waals surface area contributed by atoms with E-state index in [-0.39, 0.29) is 0 Å². The van der Waals surface area contributed by atoms with Crippen molar-refractivity contribution in [3.05, 3.63) is 18.2 Å². The molecule has 0 aromatic carbocycles. The van der Waals surface area contributed by atoms with Crippen LogP contribution in [0, 0.1) is 5.41 Å². The van der Waals surface area contributed by atoms with Gasteiger partial charge in [-0.3, -0.25) is 0 Å². The zero-order chi connectivity index (χ0) is 10.4. The third-order valence-electron chi connectivity index (χ3n) is 2.15. The van der Waals surface area contributed by atoms with Crippen LogP contribution in [0.4, 0.5) is 0 Å². The van der Waals surface area contributed by atoms with Crippen molar-refractivity contribution in [2.75, 3.05) is 13.1 Å². The predicted octanol–water partition coefficient (Wildman–Crippen LogP) is 1.98. The van der Waals surface area contributed by atoms with Crippen molar-refractivity contribution in [3.63, 3.8) is 0 Å². The molecule has 3 heteroatoms. The lowest BCUT2D eigenvalue weighted by molar-refractivity contribution is 0.367. The van der Waals surface area contributed by atoms with Gasteiger partial charge in [0.25, 0.3) is 0 Å². The van der Waals surface area contributed by atoms with Crippen LogP contribution in [-0.4, -0.2) is 23.1 Å². The molecule has 0 unspecified atom stereocenters. The van der Waals surface area contributed by atoms with E-state index < -0.39 is 0 Å². The van der Waals surface area contributed by atoms with E-state index >= 15 is 0 Å². The molecule has 1 rings (SSSR count). The minimum absolute atomic E-state index is 0.428. The van der Waals surface area contributed by atoms with Gasteiger partial charge in [0.1, 0.15) is 5.82 Å². The van der Waals surface area contributed by atoms with Crippen LogP contribution < -0.4 is 5.32 Å². The van der Waals surface area contributed by atoms with E-state index in [9.17, 15) is 0 Å². The average Bonchev–Trinajstić information content (AvgIpc) is 2.54. The highest BCUT2D eigenvalue weighted by Gasteiger charge is 2.08. The summed E-state index contributed by atoms with van der Waals surface area (Å²) in [5.41, 5.74) is 0.428. The monoisotopic (exact) mass is 195 g/mol. The van der Waals surface area contributed by atoms with Gasteiger partial charge in [-0.05, 0) is 18.4 Å². The molecule has 1 aromatic rings. The molecule has 0 saturated carbocycles. The highest BCUT2D eigenvalue weighted by molar-refractivity contribution is 4.87. The zero-order valence-corrected chi connectivity index (χ0v) is 9.43. The molecule has 2 N–H and O–H groups in total. The SMILES string of the molecule is CC(C)(C)CCNCCc1ncc[nH]1. The number of aromatic amines is 1. The fourth-order valence-electron chi connectivity index (χ4n) is 1.23. The molecule has 3 nitrogen and oxygen atoms in total. The van der Waals surface area contributed by atoms with Gasteiger partial charge in [-0.2, -0.15) is 0 Å². The number of hydrogen-bond donors (Lipinski definition) is 2. The maximum atomic E-state index is 4.17. The number of hydrogen-bond acceptors (Lipinski definition) is 2. The van der Waals surface area contributed by atoms with Crippen LogP contribution in [0.1, 0.15) is 33.0 Å². The number of nitrogens with zero attached hydrogens (tertiary/aromatic N) is 1. The zero-order valence-electron chi connectivity index (χ0n) is 9.43. The summed E-state index contributed by atoms with van der Waals surface area (Å²) in [5, 5.41) is 3.42. The van der Waals surface area contributed by atoms with Crippen molar-refractivity contribution in [3.8, 4) is 0 Å². The Morgan fingerprint density at radius 1 is 1.36 bits per heavy atom. The largest absolute Gasteiger partial charge is 0.349 e. The van der Waals surface area contributed by atoms with E-state index in [0.29, 0.717) is 5.41 Å². The Balaban J connectivity index is 2.00. The molecular formula is C11H21N3. The quantitative estimate of drug-likeness (QED) is 0.705. The lowest BCUT2D eigenvalue weighted by Gasteiger charge is -2.17. The molecular weight excluding hydrogens is 174 g/mol. The van der Waals surface area contributed by atoms with Gasteiger partial charge < -0.3 is 10.3 Å². The van der Waals surface area contributed by atoms with Crippen molar-refractivity contribution in [1.82, 2.24) is 15.3 Å². The first-order valence-corrected chi connectivity index (χ1v) is 5.27. The summed E-state index contributed by atoms with van der Waals surface area (Å²) >= 11 is 0. The minimum atomic E-state index is 0.428. The summed E-state index contributed by atoms with van der Waals surface area (Å²) in [6.07, 6.45) is 5.86. The summed E-state index contributed by atoms with van der Waals surface area (Å²) in [6.45, 7) is 8.89. The summed E-state index contributed by atoms with van der Waals surface area (Å²) in [5.74, 6) is 1.06. The first-order valence-electron chi connectivity index (χ1n) is 5.27. The first kappa shape index (κ1) is 11.2. The van der Waals surface area contributed by atoms with Gasteiger partial charge in [0, 0.05) is 25.4 Å². The van der Waals surface area contributed by atoms with E-state index in [1.54, 1.807) is 6.20 Å². The van der Waals surface area contributed by atoms with E-state index in [2.05, 4.69) is 36.1 Å². The van der Waals surface area contributed by atoms with Crippen LogP contribution in [0.25, 0.3) is 0 Å². The Labute approximate surface area is 86.3 Å². The van der Waals surface area contributed by atoms with E-state index in [0.717, 1.165) is 25.3 Å². The van der Waals surface area contributed by atoms with Crippen molar-refractivity contribution < 1.29 is 0 Å². The molecule has 1 aromatic heterocycles. The van der Waals surface area contributed by atoms with Crippen LogP contribution in [0.3, 0.4) is 0 Å². The fourth-order valence-corrected chi connectivity index (χ4v) is 1.23. The van der Waals surface area contributed by atoms with Gasteiger partial charge in [-0.15, -0.1) is 0 Å². The van der Waals surface area contributed by atoms with Crippen LogP contribution >= 0.6 is 0 Å². The summed E-state index contributed by atoms with van der Waals surface area (Å²) in [4.78, 5) is 7.26. The number of imidazole rings is 1. The highest BCUT2D eigenvalue weighted by Crippen LogP contribution is 2.16. The molecule has 0 aliphatic carbocycles. The lowest BCUT2D eigenvalue weighted by Crippen LogP contribution is -2.22. The molecule has 0 aliphatic heterocycles. The molecule has 80 valence electrons. The Kier molecular flexibility index (Phi) is 4.14. The Bertz CT molecular complexity index is 234. The van der Waals surface area contributed by atoms with Crippen molar-refractivity contribution in [1.29, 1.82) is 0 Å². The second kappa shape index (κ2) is 5.15. The molecule has 0 saturated heterocycles. The summed E-state index contributed by atoms with van der Waals surface area (Å²) < 4.78 is 0. The van der Waals surface area contributed by atoms with Crippen molar-refractivity contribution in [2.45, 2.75) is 33.6 Å². The first-order chi connectivity index (χ1) is 6.58. The number of nitrogens with one attached hydrogen (secondary N) is 2. The Morgan fingerprint density at radius 3 is 2.71 bits per heavy atom. The smallest absolute Gasteiger partial charge is 0.107 e. The lowest BCUT2D eigenvalue weighted by atomic mass is 9.92.